The van der Waals surface area contributed by atoms with Crippen molar-refractivity contribution >= 4 is 15.9 Å². The van der Waals surface area contributed by atoms with E-state index in [1.165, 1.54) is 54.2 Å². The van der Waals surface area contributed by atoms with Crippen molar-refractivity contribution in [2.75, 3.05) is 6.54 Å². The predicted molar refractivity (Wildman–Crippen MR) is 86.3 cm³/mol. The van der Waals surface area contributed by atoms with Crippen LogP contribution in [0.4, 0.5) is 0 Å². The molecule has 1 N–H and O–H groups in total. The minimum absolute atomic E-state index is 0.900. The third-order valence-corrected chi connectivity index (χ3v) is 5.40. The Balaban J connectivity index is 1.70. The van der Waals surface area contributed by atoms with Crippen molar-refractivity contribution < 1.29 is 0 Å². The second-order valence-electron chi connectivity index (χ2n) is 6.01. The van der Waals surface area contributed by atoms with Crippen molar-refractivity contribution in [2.45, 2.75) is 52.5 Å². The molecule has 1 aromatic carbocycles. The second-order valence-corrected chi connectivity index (χ2v) is 6.86. The summed E-state index contributed by atoms with van der Waals surface area (Å²) in [6.45, 7) is 6.64. The highest BCUT2D eigenvalue weighted by molar-refractivity contribution is 9.10. The normalized spacial score (nSPS) is 23.5. The molecule has 1 aliphatic rings. The molecule has 0 aliphatic heterocycles. The van der Waals surface area contributed by atoms with Gasteiger partial charge in [-0.2, -0.15) is 0 Å². The Morgan fingerprint density at radius 3 is 2.47 bits per heavy atom. The van der Waals surface area contributed by atoms with Crippen molar-refractivity contribution in [3.8, 4) is 0 Å². The van der Waals surface area contributed by atoms with Gasteiger partial charge in [-0.05, 0) is 55.3 Å². The summed E-state index contributed by atoms with van der Waals surface area (Å²) in [6.07, 6.45) is 7.10. The first kappa shape index (κ1) is 15.1. The number of halogens is 1. The smallest absolute Gasteiger partial charge is 0.0207 e. The van der Waals surface area contributed by atoms with Gasteiger partial charge in [-0.1, -0.05) is 54.2 Å². The molecule has 1 saturated carbocycles. The summed E-state index contributed by atoms with van der Waals surface area (Å²) in [5, 5.41) is 3.63. The zero-order valence-corrected chi connectivity index (χ0v) is 13.8. The molecular formula is C17H26BrN. The minimum atomic E-state index is 0.900. The molecule has 1 nitrogen and oxygen atoms in total. The average molecular weight is 324 g/mol. The van der Waals surface area contributed by atoms with Gasteiger partial charge in [0.2, 0.25) is 0 Å². The lowest BCUT2D eigenvalue weighted by molar-refractivity contribution is 0.262. The van der Waals surface area contributed by atoms with Gasteiger partial charge in [-0.3, -0.25) is 0 Å². The van der Waals surface area contributed by atoms with Crippen molar-refractivity contribution in [3.63, 3.8) is 0 Å². The van der Waals surface area contributed by atoms with Crippen molar-refractivity contribution in [3.05, 3.63) is 33.8 Å². The summed E-state index contributed by atoms with van der Waals surface area (Å²) in [6, 6.07) is 6.64. The molecule has 0 unspecified atom stereocenters. The SMILES string of the molecule is CCC1CCC(CNCc2ccc(C)c(Br)c2)CC1. The Bertz CT molecular complexity index is 394. The van der Waals surface area contributed by atoms with E-state index in [0.29, 0.717) is 0 Å². The van der Waals surface area contributed by atoms with Crippen LogP contribution in [-0.4, -0.2) is 6.54 Å². The van der Waals surface area contributed by atoms with Crippen LogP contribution in [0.25, 0.3) is 0 Å². The van der Waals surface area contributed by atoms with Crippen molar-refractivity contribution in [1.29, 1.82) is 0 Å². The maximum Gasteiger partial charge on any atom is 0.0207 e. The Kier molecular flexibility index (Phi) is 5.90. The molecule has 1 aliphatic carbocycles. The van der Waals surface area contributed by atoms with Crippen LogP contribution in [-0.2, 0) is 6.54 Å². The van der Waals surface area contributed by atoms with Crippen LogP contribution in [0.3, 0.4) is 0 Å². The second kappa shape index (κ2) is 7.44. The van der Waals surface area contributed by atoms with Gasteiger partial charge in [0, 0.05) is 11.0 Å². The fraction of sp³-hybridized carbons (Fsp3) is 0.647. The molecule has 0 amide bonds. The zero-order valence-electron chi connectivity index (χ0n) is 12.2. The summed E-state index contributed by atoms with van der Waals surface area (Å²) in [5.74, 6) is 1.90. The quantitative estimate of drug-likeness (QED) is 0.798. The lowest BCUT2D eigenvalue weighted by Crippen LogP contribution is -2.26. The molecule has 0 atom stereocenters. The summed E-state index contributed by atoms with van der Waals surface area (Å²) in [5.41, 5.74) is 2.68. The number of aryl methyl sites for hydroxylation is 1. The minimum Gasteiger partial charge on any atom is -0.312 e. The van der Waals surface area contributed by atoms with Gasteiger partial charge in [-0.25, -0.2) is 0 Å². The molecule has 0 radical (unpaired) electrons. The van der Waals surface area contributed by atoms with E-state index in [-0.39, 0.29) is 0 Å². The number of nitrogens with one attached hydrogen (secondary N) is 1. The third kappa shape index (κ3) is 4.61. The van der Waals surface area contributed by atoms with E-state index in [2.05, 4.69) is 53.3 Å². The maximum atomic E-state index is 3.63. The van der Waals surface area contributed by atoms with Crippen LogP contribution in [0.1, 0.15) is 50.2 Å². The molecule has 2 heteroatoms. The summed E-state index contributed by atoms with van der Waals surface area (Å²) >= 11 is 3.60. The highest BCUT2D eigenvalue weighted by Crippen LogP contribution is 2.30. The average Bonchev–Trinajstić information content (AvgIpc) is 2.43. The van der Waals surface area contributed by atoms with Crippen LogP contribution in [0.5, 0.6) is 0 Å². The van der Waals surface area contributed by atoms with Crippen LogP contribution in [0, 0.1) is 18.8 Å². The fourth-order valence-corrected chi connectivity index (χ4v) is 3.44. The fourth-order valence-electron chi connectivity index (χ4n) is 3.01. The number of rotatable bonds is 5. The summed E-state index contributed by atoms with van der Waals surface area (Å²) < 4.78 is 1.22. The van der Waals surface area contributed by atoms with E-state index in [9.17, 15) is 0 Å². The highest BCUT2D eigenvalue weighted by Gasteiger charge is 2.19. The zero-order chi connectivity index (χ0) is 13.7. The van der Waals surface area contributed by atoms with Crippen molar-refractivity contribution in [2.24, 2.45) is 11.8 Å². The summed E-state index contributed by atoms with van der Waals surface area (Å²) in [7, 11) is 0. The van der Waals surface area contributed by atoms with Crippen LogP contribution >= 0.6 is 15.9 Å². The Hall–Kier alpha value is -0.340. The highest BCUT2D eigenvalue weighted by atomic mass is 79.9. The molecule has 1 aromatic rings. The predicted octanol–water partition coefficient (Wildman–Crippen LogP) is 5.06. The molecule has 0 saturated heterocycles. The molecule has 0 spiro atoms. The van der Waals surface area contributed by atoms with Gasteiger partial charge in [0.15, 0.2) is 0 Å². The van der Waals surface area contributed by atoms with Crippen LogP contribution < -0.4 is 5.32 Å². The van der Waals surface area contributed by atoms with E-state index < -0.39 is 0 Å². The van der Waals surface area contributed by atoms with Gasteiger partial charge in [0.1, 0.15) is 0 Å². The topological polar surface area (TPSA) is 12.0 Å². The number of hydrogen-bond donors (Lipinski definition) is 1. The Labute approximate surface area is 126 Å². The lowest BCUT2D eigenvalue weighted by atomic mass is 9.81. The molecule has 106 valence electrons. The summed E-state index contributed by atoms with van der Waals surface area (Å²) in [4.78, 5) is 0. The molecular weight excluding hydrogens is 298 g/mol. The van der Waals surface area contributed by atoms with Crippen molar-refractivity contribution in [1.82, 2.24) is 5.32 Å². The van der Waals surface area contributed by atoms with Gasteiger partial charge in [0.25, 0.3) is 0 Å². The first-order valence-electron chi connectivity index (χ1n) is 7.64. The third-order valence-electron chi connectivity index (χ3n) is 4.54. The van der Waals surface area contributed by atoms with E-state index in [1.54, 1.807) is 0 Å². The largest absolute Gasteiger partial charge is 0.312 e. The van der Waals surface area contributed by atoms with E-state index in [4.69, 9.17) is 0 Å². The van der Waals surface area contributed by atoms with E-state index in [1.807, 2.05) is 0 Å². The van der Waals surface area contributed by atoms with Gasteiger partial charge in [-0.15, -0.1) is 0 Å². The first-order chi connectivity index (χ1) is 9.19. The van der Waals surface area contributed by atoms with Gasteiger partial charge in [0.05, 0.1) is 0 Å². The molecule has 0 heterocycles. The van der Waals surface area contributed by atoms with E-state index in [0.717, 1.165) is 18.4 Å². The van der Waals surface area contributed by atoms with Crippen LogP contribution in [0.15, 0.2) is 22.7 Å². The monoisotopic (exact) mass is 323 g/mol. The van der Waals surface area contributed by atoms with Gasteiger partial charge >= 0.3 is 0 Å². The molecule has 0 bridgehead atoms. The Morgan fingerprint density at radius 1 is 1.16 bits per heavy atom. The van der Waals surface area contributed by atoms with Crippen LogP contribution in [0.2, 0.25) is 0 Å². The molecule has 0 aromatic heterocycles. The molecule has 1 fully saturated rings. The molecule has 2 rings (SSSR count). The standard InChI is InChI=1S/C17H26BrN/c1-3-14-6-8-15(9-7-14)11-19-12-16-5-4-13(2)17(18)10-16/h4-5,10,14-15,19H,3,6-9,11-12H2,1-2H3. The maximum absolute atomic E-state index is 3.63. The number of hydrogen-bond acceptors (Lipinski definition) is 1. The molecule has 19 heavy (non-hydrogen) atoms. The lowest BCUT2D eigenvalue weighted by Gasteiger charge is -2.28. The Morgan fingerprint density at radius 2 is 1.84 bits per heavy atom. The first-order valence-corrected chi connectivity index (χ1v) is 8.44. The number of benzene rings is 1. The van der Waals surface area contributed by atoms with E-state index >= 15 is 0 Å². The van der Waals surface area contributed by atoms with Gasteiger partial charge < -0.3 is 5.32 Å².